The number of benzene rings is 1. The predicted octanol–water partition coefficient (Wildman–Crippen LogP) is 3.13. The summed E-state index contributed by atoms with van der Waals surface area (Å²) >= 11 is 6.39. The molecule has 0 aliphatic carbocycles. The Morgan fingerprint density at radius 3 is 2.54 bits per heavy atom. The molecule has 7 heteroatoms. The summed E-state index contributed by atoms with van der Waals surface area (Å²) in [6.45, 7) is 6.08. The molecule has 1 amide bonds. The van der Waals surface area contributed by atoms with E-state index in [1.165, 1.54) is 0 Å². The molecule has 3 heterocycles. The van der Waals surface area contributed by atoms with Crippen LogP contribution in [0.4, 0.5) is 4.79 Å². The molecule has 0 radical (unpaired) electrons. The minimum absolute atomic E-state index is 0.438. The zero-order valence-electron chi connectivity index (χ0n) is 14.8. The van der Waals surface area contributed by atoms with Crippen LogP contribution in [0.3, 0.4) is 0 Å². The second-order valence-corrected chi connectivity index (χ2v) is 7.65. The molecule has 2 aromatic rings. The van der Waals surface area contributed by atoms with Gasteiger partial charge in [-0.15, -0.1) is 0 Å². The quantitative estimate of drug-likeness (QED) is 0.893. The first kappa shape index (κ1) is 17.4. The number of carboxylic acid groups (broad SMARTS) is 1. The van der Waals surface area contributed by atoms with Crippen LogP contribution in [0.5, 0.6) is 0 Å². The van der Waals surface area contributed by atoms with Crippen molar-refractivity contribution in [1.29, 1.82) is 0 Å². The van der Waals surface area contributed by atoms with Crippen LogP contribution < -0.4 is 0 Å². The van der Waals surface area contributed by atoms with Crippen molar-refractivity contribution in [2.45, 2.75) is 19.9 Å². The van der Waals surface area contributed by atoms with E-state index in [4.69, 9.17) is 16.7 Å². The van der Waals surface area contributed by atoms with Crippen molar-refractivity contribution in [3.63, 3.8) is 0 Å². The molecule has 0 saturated carbocycles. The Bertz CT molecular complexity index is 808. The van der Waals surface area contributed by atoms with Crippen LogP contribution in [0.2, 0.25) is 5.02 Å². The number of fused-ring (bicyclic) bond motifs is 1. The van der Waals surface area contributed by atoms with Gasteiger partial charge in [-0.25, -0.2) is 9.48 Å². The van der Waals surface area contributed by atoms with Crippen molar-refractivity contribution in [3.8, 4) is 5.69 Å². The second-order valence-electron chi connectivity index (χ2n) is 7.25. The Morgan fingerprint density at radius 2 is 1.92 bits per heavy atom. The second kappa shape index (κ2) is 6.93. The van der Waals surface area contributed by atoms with Crippen LogP contribution in [0.15, 0.2) is 30.3 Å². The third-order valence-electron chi connectivity index (χ3n) is 5.49. The highest BCUT2D eigenvalue weighted by molar-refractivity contribution is 6.32. The molecule has 0 spiro atoms. The average molecular weight is 375 g/mol. The Balaban J connectivity index is 1.52. The maximum absolute atomic E-state index is 11.2. The SMILES string of the molecule is CCc1cc(CN2CC3CN(C(=O)O)CC3C2)n(-c2ccccc2Cl)n1. The first-order valence-electron chi connectivity index (χ1n) is 9.08. The number of nitrogens with zero attached hydrogens (tertiary/aromatic N) is 4. The number of likely N-dealkylation sites (tertiary alicyclic amines) is 2. The lowest BCUT2D eigenvalue weighted by Crippen LogP contribution is -2.32. The molecule has 2 aliphatic heterocycles. The van der Waals surface area contributed by atoms with Gasteiger partial charge >= 0.3 is 6.09 Å². The summed E-state index contributed by atoms with van der Waals surface area (Å²) in [7, 11) is 0. The van der Waals surface area contributed by atoms with E-state index in [2.05, 4.69) is 17.9 Å². The van der Waals surface area contributed by atoms with Crippen LogP contribution in [0.25, 0.3) is 5.69 Å². The van der Waals surface area contributed by atoms with Gasteiger partial charge in [0.25, 0.3) is 0 Å². The fourth-order valence-corrected chi connectivity index (χ4v) is 4.41. The fourth-order valence-electron chi connectivity index (χ4n) is 4.20. The van der Waals surface area contributed by atoms with Crippen LogP contribution in [-0.2, 0) is 13.0 Å². The molecule has 1 aromatic heterocycles. The van der Waals surface area contributed by atoms with Gasteiger partial charge in [-0.1, -0.05) is 30.7 Å². The summed E-state index contributed by atoms with van der Waals surface area (Å²) in [6, 6.07) is 9.92. The maximum Gasteiger partial charge on any atom is 0.407 e. The number of para-hydroxylation sites is 1. The Kier molecular flexibility index (Phi) is 4.63. The lowest BCUT2D eigenvalue weighted by Gasteiger charge is -2.20. The van der Waals surface area contributed by atoms with Crippen LogP contribution in [-0.4, -0.2) is 57.0 Å². The summed E-state index contributed by atoms with van der Waals surface area (Å²) in [5.74, 6) is 0.877. The van der Waals surface area contributed by atoms with Gasteiger partial charge in [0.1, 0.15) is 0 Å². The van der Waals surface area contributed by atoms with Crippen molar-refractivity contribution in [1.82, 2.24) is 19.6 Å². The van der Waals surface area contributed by atoms with Gasteiger partial charge in [0.15, 0.2) is 0 Å². The third kappa shape index (κ3) is 3.19. The Morgan fingerprint density at radius 1 is 1.23 bits per heavy atom. The molecule has 2 aliphatic rings. The lowest BCUT2D eigenvalue weighted by atomic mass is 10.0. The third-order valence-corrected chi connectivity index (χ3v) is 5.81. The maximum atomic E-state index is 11.2. The van der Waals surface area contributed by atoms with Gasteiger partial charge in [0, 0.05) is 32.7 Å². The van der Waals surface area contributed by atoms with Crippen molar-refractivity contribution in [3.05, 3.63) is 46.7 Å². The molecule has 1 aromatic carbocycles. The Labute approximate surface area is 158 Å². The van der Waals surface area contributed by atoms with Gasteiger partial charge in [-0.05, 0) is 36.5 Å². The monoisotopic (exact) mass is 374 g/mol. The largest absolute Gasteiger partial charge is 0.465 e. The first-order valence-corrected chi connectivity index (χ1v) is 9.46. The van der Waals surface area contributed by atoms with Crippen molar-refractivity contribution in [2.24, 2.45) is 11.8 Å². The lowest BCUT2D eigenvalue weighted by molar-refractivity contribution is 0.148. The van der Waals surface area contributed by atoms with Gasteiger partial charge in [0.2, 0.25) is 0 Å². The highest BCUT2D eigenvalue weighted by Gasteiger charge is 2.41. The van der Waals surface area contributed by atoms with E-state index in [-0.39, 0.29) is 0 Å². The molecule has 2 fully saturated rings. The predicted molar refractivity (Wildman–Crippen MR) is 99.8 cm³/mol. The van der Waals surface area contributed by atoms with Crippen LogP contribution >= 0.6 is 11.6 Å². The molecule has 0 bridgehead atoms. The van der Waals surface area contributed by atoms with Crippen LogP contribution in [0.1, 0.15) is 18.3 Å². The molecule has 6 nitrogen and oxygen atoms in total. The van der Waals surface area contributed by atoms with E-state index < -0.39 is 6.09 Å². The number of hydrogen-bond donors (Lipinski definition) is 1. The number of aromatic nitrogens is 2. The molecular weight excluding hydrogens is 352 g/mol. The van der Waals surface area contributed by atoms with Gasteiger partial charge in [-0.3, -0.25) is 4.90 Å². The van der Waals surface area contributed by atoms with E-state index in [1.54, 1.807) is 4.90 Å². The minimum atomic E-state index is -0.796. The molecular formula is C19H23ClN4O2. The van der Waals surface area contributed by atoms with Gasteiger partial charge in [0.05, 0.1) is 22.1 Å². The van der Waals surface area contributed by atoms with E-state index in [0.717, 1.165) is 43.1 Å². The molecule has 2 saturated heterocycles. The molecule has 138 valence electrons. The zero-order chi connectivity index (χ0) is 18.3. The van der Waals surface area contributed by atoms with Gasteiger partial charge in [-0.2, -0.15) is 5.10 Å². The molecule has 4 rings (SSSR count). The van der Waals surface area contributed by atoms with Crippen molar-refractivity contribution in [2.75, 3.05) is 26.2 Å². The number of hydrogen-bond acceptors (Lipinski definition) is 3. The summed E-state index contributed by atoms with van der Waals surface area (Å²) in [5.41, 5.74) is 3.08. The number of rotatable bonds is 4. The minimum Gasteiger partial charge on any atom is -0.465 e. The summed E-state index contributed by atoms with van der Waals surface area (Å²) in [6.07, 6.45) is 0.0823. The topological polar surface area (TPSA) is 61.6 Å². The highest BCUT2D eigenvalue weighted by Crippen LogP contribution is 2.32. The summed E-state index contributed by atoms with van der Waals surface area (Å²) in [5, 5.41) is 14.6. The van der Waals surface area contributed by atoms with Crippen LogP contribution in [0, 0.1) is 11.8 Å². The molecule has 2 unspecified atom stereocenters. The fraction of sp³-hybridized carbons (Fsp3) is 0.474. The number of halogens is 1. The van der Waals surface area contributed by atoms with Crippen molar-refractivity contribution < 1.29 is 9.90 Å². The van der Waals surface area contributed by atoms with Crippen molar-refractivity contribution >= 4 is 17.7 Å². The smallest absolute Gasteiger partial charge is 0.407 e. The van der Waals surface area contributed by atoms with E-state index in [0.29, 0.717) is 29.9 Å². The average Bonchev–Trinajstić information content (AvgIpc) is 3.28. The Hall–Kier alpha value is -2.05. The first-order chi connectivity index (χ1) is 12.5. The number of aryl methyl sites for hydroxylation is 1. The normalized spacial score (nSPS) is 22.8. The number of carbonyl (C=O) groups is 1. The summed E-state index contributed by atoms with van der Waals surface area (Å²) < 4.78 is 1.96. The summed E-state index contributed by atoms with van der Waals surface area (Å²) in [4.78, 5) is 15.1. The van der Waals surface area contributed by atoms with E-state index >= 15 is 0 Å². The molecule has 1 N–H and O–H groups in total. The highest BCUT2D eigenvalue weighted by atomic mass is 35.5. The molecule has 2 atom stereocenters. The number of amides is 1. The van der Waals surface area contributed by atoms with E-state index in [1.807, 2.05) is 28.9 Å². The van der Waals surface area contributed by atoms with E-state index in [9.17, 15) is 9.90 Å². The standard InChI is InChI=1S/C19H23ClN4O2/c1-2-15-7-16(24(21-15)18-6-4-3-5-17(18)20)12-22-8-13-10-23(19(25)26)11-14(13)9-22/h3-7,13-14H,2,8-12H2,1H3,(H,25,26). The van der Waals surface area contributed by atoms with Gasteiger partial charge < -0.3 is 10.0 Å². The molecule has 26 heavy (non-hydrogen) atoms. The zero-order valence-corrected chi connectivity index (χ0v) is 15.6.